The molecule has 0 unspecified atom stereocenters. The van der Waals surface area contributed by atoms with Crippen LogP contribution in [0.5, 0.6) is 0 Å². The average Bonchev–Trinajstić information content (AvgIpc) is 2.33. The molecule has 0 aromatic rings. The zero-order valence-electron chi connectivity index (χ0n) is 10.2. The van der Waals surface area contributed by atoms with Crippen LogP contribution in [0.25, 0.3) is 0 Å². The van der Waals surface area contributed by atoms with E-state index in [-0.39, 0.29) is 25.4 Å². The molecule has 0 bridgehead atoms. The zero-order valence-corrected chi connectivity index (χ0v) is 10.2. The number of hydrogen-bond acceptors (Lipinski definition) is 1. The fraction of sp³-hybridized carbons (Fsp3) is 0.571. The van der Waals surface area contributed by atoms with Gasteiger partial charge in [-0.1, -0.05) is 36.5 Å². The number of rotatable bonds is 4. The minimum Gasteiger partial charge on any atom is -0.392 e. The van der Waals surface area contributed by atoms with Gasteiger partial charge in [0.2, 0.25) is 0 Å². The topological polar surface area (TPSA) is 20.2 Å². The fourth-order valence-corrected chi connectivity index (χ4v) is 2.13. The molecule has 1 saturated carbocycles. The van der Waals surface area contributed by atoms with Crippen LogP contribution in [0.4, 0.5) is 13.2 Å². The van der Waals surface area contributed by atoms with Crippen molar-refractivity contribution in [3.8, 4) is 0 Å². The lowest BCUT2D eigenvalue weighted by Crippen LogP contribution is -2.27. The van der Waals surface area contributed by atoms with E-state index in [9.17, 15) is 13.2 Å². The predicted octanol–water partition coefficient (Wildman–Crippen LogP) is 4.02. The number of allylic oxidation sites excluding steroid dienone is 5. The molecule has 0 radical (unpaired) electrons. The van der Waals surface area contributed by atoms with Crippen LogP contribution < -0.4 is 0 Å². The highest BCUT2D eigenvalue weighted by molar-refractivity contribution is 5.12. The van der Waals surface area contributed by atoms with Crippen molar-refractivity contribution in [2.45, 2.75) is 31.9 Å². The summed E-state index contributed by atoms with van der Waals surface area (Å²) >= 11 is 0. The number of aliphatic hydroxyl groups excluding tert-OH is 1. The molecule has 1 fully saturated rings. The third-order valence-electron chi connectivity index (χ3n) is 3.19. The molecule has 18 heavy (non-hydrogen) atoms. The smallest absolute Gasteiger partial charge is 0.391 e. The van der Waals surface area contributed by atoms with Crippen LogP contribution in [-0.4, -0.2) is 17.9 Å². The summed E-state index contributed by atoms with van der Waals surface area (Å²) in [5.74, 6) is -0.847. The summed E-state index contributed by atoms with van der Waals surface area (Å²) in [6, 6.07) is 0. The summed E-state index contributed by atoms with van der Waals surface area (Å²) in [7, 11) is 0. The molecule has 0 aliphatic heterocycles. The quantitative estimate of drug-likeness (QED) is 0.757. The summed E-state index contributed by atoms with van der Waals surface area (Å²) in [6.45, 7) is 0.00943. The first-order valence-electron chi connectivity index (χ1n) is 6.21. The Labute approximate surface area is 106 Å². The molecule has 1 aliphatic carbocycles. The first-order valence-corrected chi connectivity index (χ1v) is 6.21. The molecule has 0 aromatic carbocycles. The maximum absolute atomic E-state index is 12.4. The van der Waals surface area contributed by atoms with E-state index < -0.39 is 12.1 Å². The molecule has 0 aromatic heterocycles. The Kier molecular flexibility index (Phi) is 6.19. The molecule has 0 atom stereocenters. The van der Waals surface area contributed by atoms with Gasteiger partial charge in [-0.05, 0) is 31.6 Å². The second-order valence-corrected chi connectivity index (χ2v) is 4.53. The summed E-state index contributed by atoms with van der Waals surface area (Å²) in [5, 5.41) is 8.49. The Morgan fingerprint density at radius 2 is 1.56 bits per heavy atom. The SMILES string of the molecule is OC/C=C/C=C/C=C/C1CCC(C(F)(F)F)CC1. The Bertz CT molecular complexity index is 307. The number of hydrogen-bond donors (Lipinski definition) is 1. The lowest BCUT2D eigenvalue weighted by Gasteiger charge is -2.28. The van der Waals surface area contributed by atoms with Gasteiger partial charge in [0.15, 0.2) is 0 Å². The first kappa shape index (κ1) is 15.0. The highest BCUT2D eigenvalue weighted by Gasteiger charge is 2.40. The molecule has 1 aliphatic rings. The van der Waals surface area contributed by atoms with Crippen LogP contribution >= 0.6 is 0 Å². The van der Waals surface area contributed by atoms with Crippen molar-refractivity contribution in [3.63, 3.8) is 0 Å². The summed E-state index contributed by atoms with van der Waals surface area (Å²) < 4.78 is 37.3. The molecule has 0 spiro atoms. The average molecular weight is 260 g/mol. The third kappa shape index (κ3) is 5.54. The minimum absolute atomic E-state index is 0.00943. The van der Waals surface area contributed by atoms with Crippen molar-refractivity contribution < 1.29 is 18.3 Å². The van der Waals surface area contributed by atoms with Crippen LogP contribution in [-0.2, 0) is 0 Å². The van der Waals surface area contributed by atoms with Gasteiger partial charge in [-0.2, -0.15) is 13.2 Å². The van der Waals surface area contributed by atoms with Gasteiger partial charge in [-0.3, -0.25) is 0 Å². The normalized spacial score (nSPS) is 26.7. The van der Waals surface area contributed by atoms with Crippen LogP contribution in [0, 0.1) is 11.8 Å². The highest BCUT2D eigenvalue weighted by Crippen LogP contribution is 2.39. The number of alkyl halides is 3. The predicted molar refractivity (Wildman–Crippen MR) is 66.0 cm³/mol. The van der Waals surface area contributed by atoms with Crippen molar-refractivity contribution in [1.82, 2.24) is 0 Å². The largest absolute Gasteiger partial charge is 0.392 e. The Morgan fingerprint density at radius 1 is 0.944 bits per heavy atom. The second kappa shape index (κ2) is 7.41. The van der Waals surface area contributed by atoms with Gasteiger partial charge in [0.05, 0.1) is 12.5 Å². The van der Waals surface area contributed by atoms with E-state index in [0.29, 0.717) is 12.8 Å². The fourth-order valence-electron chi connectivity index (χ4n) is 2.13. The van der Waals surface area contributed by atoms with E-state index in [4.69, 9.17) is 5.11 Å². The third-order valence-corrected chi connectivity index (χ3v) is 3.19. The summed E-state index contributed by atoms with van der Waals surface area (Å²) in [4.78, 5) is 0. The molecule has 0 amide bonds. The van der Waals surface area contributed by atoms with Crippen molar-refractivity contribution in [1.29, 1.82) is 0 Å². The van der Waals surface area contributed by atoms with Crippen LogP contribution in [0.1, 0.15) is 25.7 Å². The van der Waals surface area contributed by atoms with Crippen LogP contribution in [0.3, 0.4) is 0 Å². The van der Waals surface area contributed by atoms with Gasteiger partial charge in [0, 0.05) is 0 Å². The van der Waals surface area contributed by atoms with E-state index in [1.54, 1.807) is 18.2 Å². The van der Waals surface area contributed by atoms with Gasteiger partial charge in [-0.15, -0.1) is 0 Å². The lowest BCUT2D eigenvalue weighted by molar-refractivity contribution is -0.183. The van der Waals surface area contributed by atoms with Crippen molar-refractivity contribution >= 4 is 0 Å². The van der Waals surface area contributed by atoms with E-state index in [1.807, 2.05) is 18.2 Å². The molecule has 0 saturated heterocycles. The maximum Gasteiger partial charge on any atom is 0.391 e. The maximum atomic E-state index is 12.4. The van der Waals surface area contributed by atoms with Crippen molar-refractivity contribution in [3.05, 3.63) is 36.5 Å². The number of aliphatic hydroxyl groups is 1. The van der Waals surface area contributed by atoms with Gasteiger partial charge in [0.25, 0.3) is 0 Å². The summed E-state index contributed by atoms with van der Waals surface area (Å²) in [6.07, 6.45) is 8.46. The van der Waals surface area contributed by atoms with E-state index >= 15 is 0 Å². The van der Waals surface area contributed by atoms with Crippen molar-refractivity contribution in [2.75, 3.05) is 6.61 Å². The lowest BCUT2D eigenvalue weighted by atomic mass is 9.81. The monoisotopic (exact) mass is 260 g/mol. The van der Waals surface area contributed by atoms with Gasteiger partial charge < -0.3 is 5.11 Å². The van der Waals surface area contributed by atoms with Crippen LogP contribution in [0.2, 0.25) is 0 Å². The van der Waals surface area contributed by atoms with E-state index in [1.165, 1.54) is 0 Å². The van der Waals surface area contributed by atoms with Gasteiger partial charge >= 0.3 is 6.18 Å². The Morgan fingerprint density at radius 3 is 2.11 bits per heavy atom. The Hall–Kier alpha value is -1.03. The zero-order chi connectivity index (χ0) is 13.4. The molecular formula is C14H19F3O. The van der Waals surface area contributed by atoms with Gasteiger partial charge in [0.1, 0.15) is 0 Å². The summed E-state index contributed by atoms with van der Waals surface area (Å²) in [5.41, 5.74) is 0. The van der Waals surface area contributed by atoms with Gasteiger partial charge in [-0.25, -0.2) is 0 Å². The Balaban J connectivity index is 2.29. The molecule has 1 rings (SSSR count). The van der Waals surface area contributed by atoms with E-state index in [0.717, 1.165) is 0 Å². The van der Waals surface area contributed by atoms with Crippen molar-refractivity contribution in [2.24, 2.45) is 11.8 Å². The second-order valence-electron chi connectivity index (χ2n) is 4.53. The highest BCUT2D eigenvalue weighted by atomic mass is 19.4. The molecule has 1 N–H and O–H groups in total. The van der Waals surface area contributed by atoms with E-state index in [2.05, 4.69) is 0 Å². The van der Waals surface area contributed by atoms with Crippen LogP contribution in [0.15, 0.2) is 36.5 Å². The minimum atomic E-state index is -4.02. The molecule has 102 valence electrons. The first-order chi connectivity index (χ1) is 8.54. The molecule has 4 heteroatoms. The molecular weight excluding hydrogens is 241 g/mol. The number of halogens is 3. The standard InChI is InChI=1S/C14H19F3O/c15-14(16,17)13-9-7-12(8-10-13)6-4-2-1-3-5-11-18/h1-6,12-13,18H,7-11H2/b2-1+,5-3+,6-4+. The molecule has 1 nitrogen and oxygen atoms in total. The molecule has 0 heterocycles.